The number of pyridine rings is 1. The van der Waals surface area contributed by atoms with E-state index in [2.05, 4.69) is 20.9 Å². The van der Waals surface area contributed by atoms with Crippen LogP contribution in [0.25, 0.3) is 5.57 Å². The van der Waals surface area contributed by atoms with E-state index < -0.39 is 11.8 Å². The van der Waals surface area contributed by atoms with Crippen molar-refractivity contribution in [3.05, 3.63) is 83.8 Å². The monoisotopic (exact) mass is 475 g/mol. The molecule has 3 aromatic rings. The van der Waals surface area contributed by atoms with Crippen molar-refractivity contribution in [2.45, 2.75) is 13.3 Å². The molecule has 3 N–H and O–H groups in total. The summed E-state index contributed by atoms with van der Waals surface area (Å²) in [6.45, 7) is 2.83. The van der Waals surface area contributed by atoms with Crippen molar-refractivity contribution in [1.29, 1.82) is 0 Å². The van der Waals surface area contributed by atoms with Crippen LogP contribution in [0.1, 0.15) is 17.5 Å². The molecule has 0 radical (unpaired) electrons. The zero-order valence-electron chi connectivity index (χ0n) is 19.5. The first-order valence-electron chi connectivity index (χ1n) is 11.1. The third-order valence-electron chi connectivity index (χ3n) is 5.60. The Kier molecular flexibility index (Phi) is 7.25. The van der Waals surface area contributed by atoms with Crippen LogP contribution >= 0.6 is 0 Å². The zero-order valence-corrected chi connectivity index (χ0v) is 19.5. The molecule has 0 aliphatic carbocycles. The number of benzene rings is 2. The number of urea groups is 2. The summed E-state index contributed by atoms with van der Waals surface area (Å²) in [5.41, 5.74) is 4.35. The van der Waals surface area contributed by atoms with Crippen molar-refractivity contribution < 1.29 is 18.7 Å². The molecular formula is C26H26FN5O3. The third-order valence-corrected chi connectivity index (χ3v) is 5.60. The highest BCUT2D eigenvalue weighted by molar-refractivity contribution is 6.00. The molecule has 1 aliphatic heterocycles. The van der Waals surface area contributed by atoms with Gasteiger partial charge in [0.2, 0.25) is 0 Å². The van der Waals surface area contributed by atoms with E-state index in [0.29, 0.717) is 36.6 Å². The van der Waals surface area contributed by atoms with Gasteiger partial charge in [-0.25, -0.2) is 19.0 Å². The molecule has 8 nitrogen and oxygen atoms in total. The van der Waals surface area contributed by atoms with E-state index in [9.17, 15) is 14.0 Å². The second kappa shape index (κ2) is 10.7. The number of aryl methyl sites for hydroxylation is 1. The molecule has 0 spiro atoms. The topological polar surface area (TPSA) is 95.6 Å². The lowest BCUT2D eigenvalue weighted by molar-refractivity contribution is 0.216. The van der Waals surface area contributed by atoms with Gasteiger partial charge < -0.3 is 20.3 Å². The van der Waals surface area contributed by atoms with E-state index >= 15 is 0 Å². The molecule has 0 unspecified atom stereocenters. The lowest BCUT2D eigenvalue weighted by atomic mass is 9.99. The summed E-state index contributed by atoms with van der Waals surface area (Å²) in [5.74, 6) is -0.0760. The zero-order chi connectivity index (χ0) is 24.8. The first-order chi connectivity index (χ1) is 16.9. The number of halogens is 1. The predicted molar refractivity (Wildman–Crippen MR) is 134 cm³/mol. The number of amides is 4. The van der Waals surface area contributed by atoms with Gasteiger partial charge in [-0.1, -0.05) is 24.3 Å². The van der Waals surface area contributed by atoms with Crippen LogP contribution in [0.15, 0.2) is 66.9 Å². The Morgan fingerprint density at radius 2 is 1.86 bits per heavy atom. The summed E-state index contributed by atoms with van der Waals surface area (Å²) in [7, 11) is 1.55. The molecule has 0 atom stereocenters. The van der Waals surface area contributed by atoms with Crippen LogP contribution in [-0.4, -0.2) is 42.1 Å². The van der Waals surface area contributed by atoms with Crippen LogP contribution in [0.4, 0.5) is 31.2 Å². The number of hydrogen-bond donors (Lipinski definition) is 3. The smallest absolute Gasteiger partial charge is 0.323 e. The Bertz CT molecular complexity index is 1260. The second-order valence-electron chi connectivity index (χ2n) is 8.05. The van der Waals surface area contributed by atoms with Crippen LogP contribution in [0.3, 0.4) is 0 Å². The van der Waals surface area contributed by atoms with E-state index in [1.165, 1.54) is 18.3 Å². The van der Waals surface area contributed by atoms with Crippen molar-refractivity contribution in [2.75, 3.05) is 36.1 Å². The quantitative estimate of drug-likeness (QED) is 0.454. The average molecular weight is 476 g/mol. The van der Waals surface area contributed by atoms with E-state index in [1.54, 1.807) is 18.1 Å². The minimum absolute atomic E-state index is 0.0831. The van der Waals surface area contributed by atoms with Gasteiger partial charge in [0.1, 0.15) is 5.75 Å². The molecular weight excluding hydrogens is 449 g/mol. The Labute approximate surface area is 202 Å². The number of carbonyl (C=O) groups is 2. The fourth-order valence-corrected chi connectivity index (χ4v) is 3.75. The van der Waals surface area contributed by atoms with Crippen molar-refractivity contribution in [3.63, 3.8) is 0 Å². The largest absolute Gasteiger partial charge is 0.495 e. The Balaban J connectivity index is 1.33. The summed E-state index contributed by atoms with van der Waals surface area (Å²) >= 11 is 0. The number of hydrogen-bond acceptors (Lipinski definition) is 4. The number of nitrogens with zero attached hydrogens (tertiary/aromatic N) is 2. The summed E-state index contributed by atoms with van der Waals surface area (Å²) < 4.78 is 19.0. The van der Waals surface area contributed by atoms with E-state index in [1.807, 2.05) is 49.4 Å². The van der Waals surface area contributed by atoms with E-state index in [0.717, 1.165) is 16.7 Å². The van der Waals surface area contributed by atoms with Crippen molar-refractivity contribution in [1.82, 2.24) is 9.88 Å². The van der Waals surface area contributed by atoms with Crippen LogP contribution in [-0.2, 0) is 0 Å². The molecule has 2 aromatic carbocycles. The molecule has 0 saturated heterocycles. The minimum Gasteiger partial charge on any atom is -0.495 e. The average Bonchev–Trinajstić information content (AvgIpc) is 2.86. The van der Waals surface area contributed by atoms with Crippen LogP contribution < -0.4 is 20.7 Å². The molecule has 1 aromatic heterocycles. The molecule has 2 heterocycles. The molecule has 180 valence electrons. The normalized spacial score (nSPS) is 13.0. The SMILES string of the molecule is COc1ccc(C)cc1NC(=O)Nc1ccc(C2=CCN(C(=O)Nc3ncccc3F)CC2)cc1. The van der Waals surface area contributed by atoms with Crippen molar-refractivity contribution in [2.24, 2.45) is 0 Å². The number of methoxy groups -OCH3 is 1. The number of ether oxygens (including phenoxy) is 1. The third kappa shape index (κ3) is 5.94. The lowest BCUT2D eigenvalue weighted by Crippen LogP contribution is -2.38. The van der Waals surface area contributed by atoms with Crippen LogP contribution in [0.2, 0.25) is 0 Å². The van der Waals surface area contributed by atoms with Gasteiger partial charge in [0.15, 0.2) is 11.6 Å². The highest BCUT2D eigenvalue weighted by Crippen LogP contribution is 2.26. The second-order valence-corrected chi connectivity index (χ2v) is 8.05. The number of nitrogens with one attached hydrogen (secondary N) is 3. The Morgan fingerprint density at radius 1 is 1.06 bits per heavy atom. The maximum atomic E-state index is 13.7. The molecule has 35 heavy (non-hydrogen) atoms. The first kappa shape index (κ1) is 23.7. The Morgan fingerprint density at radius 3 is 2.54 bits per heavy atom. The first-order valence-corrected chi connectivity index (χ1v) is 11.1. The molecule has 4 rings (SSSR count). The summed E-state index contributed by atoms with van der Waals surface area (Å²) in [4.78, 5) is 30.3. The molecule has 4 amide bonds. The molecule has 9 heteroatoms. The molecule has 1 aliphatic rings. The summed E-state index contributed by atoms with van der Waals surface area (Å²) in [6.07, 6.45) is 4.05. The Hall–Kier alpha value is -4.40. The van der Waals surface area contributed by atoms with Gasteiger partial charge in [0.25, 0.3) is 0 Å². The standard InChI is InChI=1S/C26H26FN5O3/c1-17-5-10-23(35-2)22(16-17)30-25(33)29-20-8-6-18(7-9-20)19-11-14-32(15-12-19)26(34)31-24-21(27)4-3-13-28-24/h3-11,13,16H,12,14-15H2,1-2H3,(H,28,31,34)(H2,29,30,33). The van der Waals surface area contributed by atoms with Gasteiger partial charge in [-0.3, -0.25) is 5.32 Å². The highest BCUT2D eigenvalue weighted by Gasteiger charge is 2.19. The van der Waals surface area contributed by atoms with Gasteiger partial charge >= 0.3 is 12.1 Å². The summed E-state index contributed by atoms with van der Waals surface area (Å²) in [5, 5.41) is 8.13. The van der Waals surface area contributed by atoms with Crippen molar-refractivity contribution in [3.8, 4) is 5.75 Å². The molecule has 0 bridgehead atoms. The molecule has 0 saturated carbocycles. The van der Waals surface area contributed by atoms with Crippen molar-refractivity contribution >= 4 is 34.8 Å². The number of anilines is 3. The fraction of sp³-hybridized carbons (Fsp3) is 0.192. The lowest BCUT2D eigenvalue weighted by Gasteiger charge is -2.26. The minimum atomic E-state index is -0.575. The van der Waals surface area contributed by atoms with E-state index in [4.69, 9.17) is 4.74 Å². The maximum absolute atomic E-state index is 13.7. The summed E-state index contributed by atoms with van der Waals surface area (Å²) in [6, 6.07) is 15.0. The van der Waals surface area contributed by atoms with Gasteiger partial charge in [-0.2, -0.15) is 0 Å². The number of rotatable bonds is 5. The highest BCUT2D eigenvalue weighted by atomic mass is 19.1. The van der Waals surface area contributed by atoms with Crippen LogP contribution in [0.5, 0.6) is 5.75 Å². The van der Waals surface area contributed by atoms with Crippen LogP contribution in [0, 0.1) is 12.7 Å². The van der Waals surface area contributed by atoms with Gasteiger partial charge in [0, 0.05) is 25.0 Å². The van der Waals surface area contributed by atoms with Gasteiger partial charge in [-0.15, -0.1) is 0 Å². The number of aromatic nitrogens is 1. The van der Waals surface area contributed by atoms with Gasteiger partial charge in [0.05, 0.1) is 12.8 Å². The predicted octanol–water partition coefficient (Wildman–Crippen LogP) is 5.50. The molecule has 0 fully saturated rings. The van der Waals surface area contributed by atoms with Gasteiger partial charge in [-0.05, 0) is 66.4 Å². The fourth-order valence-electron chi connectivity index (χ4n) is 3.75. The maximum Gasteiger partial charge on any atom is 0.323 e. The number of carbonyl (C=O) groups excluding carboxylic acids is 2. The van der Waals surface area contributed by atoms with E-state index in [-0.39, 0.29) is 11.8 Å².